The van der Waals surface area contributed by atoms with Crippen molar-refractivity contribution in [2.45, 2.75) is 25.8 Å². The molecule has 110 valence electrons. The van der Waals surface area contributed by atoms with Crippen molar-refractivity contribution < 1.29 is 19.7 Å². The van der Waals surface area contributed by atoms with Crippen LogP contribution in [-0.4, -0.2) is 41.3 Å². The summed E-state index contributed by atoms with van der Waals surface area (Å²) in [4.78, 5) is 13.0. The maximum atomic E-state index is 10.8. The number of likely N-dealkylation sites (tertiary alicyclic amines) is 1. The average Bonchev–Trinajstić information content (AvgIpc) is 2.41. The quantitative estimate of drug-likeness (QED) is 0.863. The average molecular weight is 279 g/mol. The van der Waals surface area contributed by atoms with Gasteiger partial charge in [-0.3, -0.25) is 9.69 Å². The number of carboxylic acid groups (broad SMARTS) is 1. The zero-order chi connectivity index (χ0) is 14.5. The van der Waals surface area contributed by atoms with E-state index in [1.54, 1.807) is 6.07 Å². The number of phenols is 1. The molecule has 1 aliphatic heterocycles. The molecule has 5 nitrogen and oxygen atoms in total. The summed E-state index contributed by atoms with van der Waals surface area (Å²) >= 11 is 0. The first-order chi connectivity index (χ1) is 9.60. The first-order valence-corrected chi connectivity index (χ1v) is 6.89. The molecule has 1 aliphatic rings. The largest absolute Gasteiger partial charge is 0.504 e. The van der Waals surface area contributed by atoms with Crippen molar-refractivity contribution >= 4 is 5.97 Å². The molecule has 1 aromatic carbocycles. The second kappa shape index (κ2) is 6.61. The van der Waals surface area contributed by atoms with Crippen LogP contribution in [0.2, 0.25) is 0 Å². The standard InChI is InChI=1S/C15H21NO4/c1-20-13-6-2-5-12(15(13)19)10-16-7-3-4-11(9-16)8-14(17)18/h2,5-6,11,19H,3-4,7-10H2,1H3,(H,17,18). The number of carbonyl (C=O) groups is 1. The normalized spacial score (nSPS) is 19.8. The van der Waals surface area contributed by atoms with E-state index in [2.05, 4.69) is 4.90 Å². The van der Waals surface area contributed by atoms with Gasteiger partial charge in [-0.2, -0.15) is 0 Å². The molecule has 0 radical (unpaired) electrons. The monoisotopic (exact) mass is 279 g/mol. The van der Waals surface area contributed by atoms with Crippen LogP contribution in [-0.2, 0) is 11.3 Å². The van der Waals surface area contributed by atoms with Gasteiger partial charge >= 0.3 is 5.97 Å². The molecule has 1 saturated heterocycles. The minimum absolute atomic E-state index is 0.176. The molecule has 2 rings (SSSR count). The van der Waals surface area contributed by atoms with E-state index in [0.29, 0.717) is 12.3 Å². The number of rotatable bonds is 5. The van der Waals surface area contributed by atoms with Crippen LogP contribution in [0.1, 0.15) is 24.8 Å². The van der Waals surface area contributed by atoms with Gasteiger partial charge in [-0.25, -0.2) is 0 Å². The molecule has 0 amide bonds. The molecule has 2 N–H and O–H groups in total. The van der Waals surface area contributed by atoms with Crippen LogP contribution >= 0.6 is 0 Å². The van der Waals surface area contributed by atoms with Gasteiger partial charge in [0, 0.05) is 25.1 Å². The summed E-state index contributed by atoms with van der Waals surface area (Å²) in [6.45, 7) is 2.33. The Morgan fingerprint density at radius 1 is 1.50 bits per heavy atom. The lowest BCUT2D eigenvalue weighted by molar-refractivity contribution is -0.138. The maximum Gasteiger partial charge on any atom is 0.303 e. The summed E-state index contributed by atoms with van der Waals surface area (Å²) in [6.07, 6.45) is 2.19. The van der Waals surface area contributed by atoms with E-state index in [1.807, 2.05) is 12.1 Å². The Bertz CT molecular complexity index is 475. The van der Waals surface area contributed by atoms with Gasteiger partial charge in [0.25, 0.3) is 0 Å². The highest BCUT2D eigenvalue weighted by atomic mass is 16.5. The van der Waals surface area contributed by atoms with Gasteiger partial charge in [0.05, 0.1) is 7.11 Å². The zero-order valence-electron chi connectivity index (χ0n) is 11.7. The van der Waals surface area contributed by atoms with Crippen LogP contribution in [0.15, 0.2) is 18.2 Å². The Balaban J connectivity index is 2.01. The van der Waals surface area contributed by atoms with Gasteiger partial charge in [-0.15, -0.1) is 0 Å². The lowest BCUT2D eigenvalue weighted by Gasteiger charge is -2.32. The molecule has 5 heteroatoms. The van der Waals surface area contributed by atoms with Gasteiger partial charge in [0.15, 0.2) is 11.5 Å². The Morgan fingerprint density at radius 2 is 2.30 bits per heavy atom. The van der Waals surface area contributed by atoms with Gasteiger partial charge in [-0.05, 0) is 31.4 Å². The Kier molecular flexibility index (Phi) is 4.84. The number of hydrogen-bond acceptors (Lipinski definition) is 4. The summed E-state index contributed by atoms with van der Waals surface area (Å²) < 4.78 is 5.10. The molecule has 0 bridgehead atoms. The second-order valence-electron chi connectivity index (χ2n) is 5.31. The number of hydrogen-bond donors (Lipinski definition) is 2. The lowest BCUT2D eigenvalue weighted by atomic mass is 9.94. The van der Waals surface area contributed by atoms with Gasteiger partial charge < -0.3 is 14.9 Å². The maximum absolute atomic E-state index is 10.8. The van der Waals surface area contributed by atoms with Crippen molar-refractivity contribution in [3.63, 3.8) is 0 Å². The number of methoxy groups -OCH3 is 1. The highest BCUT2D eigenvalue weighted by Crippen LogP contribution is 2.31. The summed E-state index contributed by atoms with van der Waals surface area (Å²) in [5, 5.41) is 19.0. The fraction of sp³-hybridized carbons (Fsp3) is 0.533. The van der Waals surface area contributed by atoms with E-state index in [9.17, 15) is 9.90 Å². The molecule has 1 aromatic rings. The molecule has 1 heterocycles. The lowest BCUT2D eigenvalue weighted by Crippen LogP contribution is -2.35. The van der Waals surface area contributed by atoms with Crippen molar-refractivity contribution in [2.24, 2.45) is 5.92 Å². The fourth-order valence-electron chi connectivity index (χ4n) is 2.81. The molecule has 1 atom stereocenters. The van der Waals surface area contributed by atoms with E-state index >= 15 is 0 Å². The van der Waals surface area contributed by atoms with Gasteiger partial charge in [0.2, 0.25) is 0 Å². The predicted molar refractivity (Wildman–Crippen MR) is 74.9 cm³/mol. The van der Waals surface area contributed by atoms with E-state index in [-0.39, 0.29) is 18.1 Å². The summed E-state index contributed by atoms with van der Waals surface area (Å²) in [5.41, 5.74) is 0.820. The van der Waals surface area contributed by atoms with Crippen LogP contribution in [0.25, 0.3) is 0 Å². The molecule has 0 aliphatic carbocycles. The third kappa shape index (κ3) is 3.63. The topological polar surface area (TPSA) is 70.0 Å². The third-order valence-electron chi connectivity index (χ3n) is 3.76. The molecule has 20 heavy (non-hydrogen) atoms. The zero-order valence-corrected chi connectivity index (χ0v) is 11.7. The Morgan fingerprint density at radius 3 is 3.00 bits per heavy atom. The number of benzene rings is 1. The minimum Gasteiger partial charge on any atom is -0.504 e. The van der Waals surface area contributed by atoms with E-state index in [1.165, 1.54) is 7.11 Å². The number of nitrogens with zero attached hydrogens (tertiary/aromatic N) is 1. The first-order valence-electron chi connectivity index (χ1n) is 6.89. The molecule has 0 saturated carbocycles. The van der Waals surface area contributed by atoms with Crippen LogP contribution in [0.3, 0.4) is 0 Å². The third-order valence-corrected chi connectivity index (χ3v) is 3.76. The van der Waals surface area contributed by atoms with Crippen LogP contribution in [0.5, 0.6) is 11.5 Å². The highest BCUT2D eigenvalue weighted by molar-refractivity contribution is 5.67. The number of para-hydroxylation sites is 1. The number of phenolic OH excluding ortho intramolecular Hbond substituents is 1. The fourth-order valence-corrected chi connectivity index (χ4v) is 2.81. The SMILES string of the molecule is COc1cccc(CN2CCCC(CC(=O)O)C2)c1O. The summed E-state index contributed by atoms with van der Waals surface area (Å²) in [5.74, 6) is 0.118. The summed E-state index contributed by atoms with van der Waals surface area (Å²) in [6, 6.07) is 5.45. The van der Waals surface area contributed by atoms with Gasteiger partial charge in [0.1, 0.15) is 0 Å². The predicted octanol–water partition coefficient (Wildman–Crippen LogP) is 2.09. The molecular weight excluding hydrogens is 258 g/mol. The molecule has 0 spiro atoms. The number of ether oxygens (including phenoxy) is 1. The molecule has 1 fully saturated rings. The first kappa shape index (κ1) is 14.7. The van der Waals surface area contributed by atoms with Crippen molar-refractivity contribution in [2.75, 3.05) is 20.2 Å². The van der Waals surface area contributed by atoms with Crippen molar-refractivity contribution in [3.8, 4) is 11.5 Å². The van der Waals surface area contributed by atoms with Crippen molar-refractivity contribution in [1.82, 2.24) is 4.90 Å². The number of aromatic hydroxyl groups is 1. The highest BCUT2D eigenvalue weighted by Gasteiger charge is 2.23. The molecule has 1 unspecified atom stereocenters. The van der Waals surface area contributed by atoms with Gasteiger partial charge in [-0.1, -0.05) is 12.1 Å². The Labute approximate surface area is 118 Å². The Hall–Kier alpha value is -1.75. The summed E-state index contributed by atoms with van der Waals surface area (Å²) in [7, 11) is 1.53. The number of carboxylic acids is 1. The van der Waals surface area contributed by atoms with Crippen LogP contribution in [0, 0.1) is 5.92 Å². The van der Waals surface area contributed by atoms with Crippen LogP contribution in [0.4, 0.5) is 0 Å². The van der Waals surface area contributed by atoms with E-state index in [0.717, 1.165) is 31.5 Å². The number of aliphatic carboxylic acids is 1. The van der Waals surface area contributed by atoms with E-state index < -0.39 is 5.97 Å². The minimum atomic E-state index is -0.735. The van der Waals surface area contributed by atoms with E-state index in [4.69, 9.17) is 9.84 Å². The molecule has 0 aromatic heterocycles. The van der Waals surface area contributed by atoms with Crippen molar-refractivity contribution in [3.05, 3.63) is 23.8 Å². The number of piperidine rings is 1. The smallest absolute Gasteiger partial charge is 0.303 e. The molecular formula is C15H21NO4. The van der Waals surface area contributed by atoms with Crippen LogP contribution < -0.4 is 4.74 Å². The van der Waals surface area contributed by atoms with Crippen molar-refractivity contribution in [1.29, 1.82) is 0 Å². The second-order valence-corrected chi connectivity index (χ2v) is 5.31.